The third kappa shape index (κ3) is 5.27. The highest BCUT2D eigenvalue weighted by Crippen LogP contribution is 2.22. The Morgan fingerprint density at radius 2 is 1.28 bits per heavy atom. The second kappa shape index (κ2) is 9.19. The predicted molar refractivity (Wildman–Crippen MR) is 98.0 cm³/mol. The molecule has 0 aliphatic heterocycles. The summed E-state index contributed by atoms with van der Waals surface area (Å²) in [6.07, 6.45) is 1.67. The Hall–Kier alpha value is -4.03. The molecule has 0 bridgehead atoms. The van der Waals surface area contributed by atoms with Crippen LogP contribution in [0.3, 0.4) is 0 Å². The second-order valence-corrected chi connectivity index (χ2v) is 5.04. The standard InChI is InChI=1S/C23H13NO/c1-19(18-24)21-13-15-23(16-14-21)22-11-9-20(10-12-22)8-6-4-2-3-5-7-17-25/h9-16,19,25H,1H3. The van der Waals surface area contributed by atoms with Crippen LogP contribution >= 0.6 is 0 Å². The Morgan fingerprint density at radius 1 is 0.760 bits per heavy atom. The van der Waals surface area contributed by atoms with Crippen molar-refractivity contribution >= 4 is 0 Å². The molecule has 0 aliphatic carbocycles. The lowest BCUT2D eigenvalue weighted by atomic mass is 9.98. The molecular formula is C23H13NO. The predicted octanol–water partition coefficient (Wildman–Crippen LogP) is 3.67. The summed E-state index contributed by atoms with van der Waals surface area (Å²) in [5.41, 5.74) is 4.05. The summed E-state index contributed by atoms with van der Waals surface area (Å²) in [6, 6.07) is 18.1. The zero-order valence-electron chi connectivity index (χ0n) is 13.6. The second-order valence-electron chi connectivity index (χ2n) is 5.04. The van der Waals surface area contributed by atoms with Gasteiger partial charge in [-0.05, 0) is 53.5 Å². The average Bonchev–Trinajstić information content (AvgIpc) is 2.67. The normalized spacial score (nSPS) is 9.28. The van der Waals surface area contributed by atoms with E-state index in [2.05, 4.69) is 47.5 Å². The highest BCUT2D eigenvalue weighted by Gasteiger charge is 2.04. The number of rotatable bonds is 2. The maximum atomic E-state index is 8.95. The summed E-state index contributed by atoms with van der Waals surface area (Å²) in [4.78, 5) is 0. The Morgan fingerprint density at radius 3 is 1.84 bits per heavy atom. The van der Waals surface area contributed by atoms with E-state index < -0.39 is 0 Å². The summed E-state index contributed by atoms with van der Waals surface area (Å²) in [5, 5.41) is 17.2. The van der Waals surface area contributed by atoms with Gasteiger partial charge in [0.1, 0.15) is 6.11 Å². The molecule has 25 heavy (non-hydrogen) atoms. The van der Waals surface area contributed by atoms with Crippen LogP contribution in [0.25, 0.3) is 11.1 Å². The lowest BCUT2D eigenvalue weighted by molar-refractivity contribution is 0.517. The van der Waals surface area contributed by atoms with Gasteiger partial charge in [-0.2, -0.15) is 5.26 Å². The molecule has 0 fully saturated rings. The van der Waals surface area contributed by atoms with Crippen molar-refractivity contribution in [3.8, 4) is 64.7 Å². The molecule has 0 radical (unpaired) electrons. The van der Waals surface area contributed by atoms with Gasteiger partial charge in [0.05, 0.1) is 12.0 Å². The molecule has 0 heterocycles. The van der Waals surface area contributed by atoms with E-state index in [-0.39, 0.29) is 5.92 Å². The fourth-order valence-electron chi connectivity index (χ4n) is 2.04. The van der Waals surface area contributed by atoms with Crippen molar-refractivity contribution < 1.29 is 5.11 Å². The summed E-state index contributed by atoms with van der Waals surface area (Å²) >= 11 is 0. The first-order valence-electron chi connectivity index (χ1n) is 7.49. The first kappa shape index (κ1) is 17.3. The van der Waals surface area contributed by atoms with Crippen LogP contribution in [0.5, 0.6) is 0 Å². The Kier molecular flexibility index (Phi) is 6.37. The third-order valence-corrected chi connectivity index (χ3v) is 3.40. The Bertz CT molecular complexity index is 1020. The first-order chi connectivity index (χ1) is 12.2. The molecule has 1 N–H and O–H groups in total. The minimum Gasteiger partial charge on any atom is -0.461 e. The van der Waals surface area contributed by atoms with Gasteiger partial charge in [0.15, 0.2) is 0 Å². The van der Waals surface area contributed by atoms with Gasteiger partial charge in [0.2, 0.25) is 0 Å². The molecule has 1 unspecified atom stereocenters. The molecule has 2 nitrogen and oxygen atoms in total. The van der Waals surface area contributed by atoms with Gasteiger partial charge in [0, 0.05) is 23.3 Å². The van der Waals surface area contributed by atoms with E-state index >= 15 is 0 Å². The number of hydrogen-bond acceptors (Lipinski definition) is 2. The highest BCUT2D eigenvalue weighted by atomic mass is 16.2. The number of benzene rings is 2. The Labute approximate surface area is 148 Å². The topological polar surface area (TPSA) is 44.0 Å². The molecule has 1 atom stereocenters. The zero-order valence-corrected chi connectivity index (χ0v) is 13.6. The average molecular weight is 319 g/mol. The van der Waals surface area contributed by atoms with E-state index in [1.807, 2.05) is 55.5 Å². The fourth-order valence-corrected chi connectivity index (χ4v) is 2.04. The molecular weight excluding hydrogens is 306 g/mol. The fraction of sp³-hybridized carbons (Fsp3) is 0.0870. The van der Waals surface area contributed by atoms with Gasteiger partial charge in [0.25, 0.3) is 0 Å². The van der Waals surface area contributed by atoms with Crippen LogP contribution in [0.1, 0.15) is 24.0 Å². The third-order valence-electron chi connectivity index (χ3n) is 3.40. The number of aliphatic hydroxyl groups is 1. The quantitative estimate of drug-likeness (QED) is 0.858. The minimum atomic E-state index is -0.104. The number of hydrogen-bond donors (Lipinski definition) is 1. The van der Waals surface area contributed by atoms with Crippen molar-refractivity contribution in [1.82, 2.24) is 0 Å². The lowest BCUT2D eigenvalue weighted by Crippen LogP contribution is -1.88. The monoisotopic (exact) mass is 319 g/mol. The van der Waals surface area contributed by atoms with Crippen LogP contribution in [0, 0.1) is 58.9 Å². The summed E-state index contributed by atoms with van der Waals surface area (Å²) in [5.74, 6) is 17.6. The van der Waals surface area contributed by atoms with Crippen LogP contribution in [0.2, 0.25) is 0 Å². The van der Waals surface area contributed by atoms with E-state index in [9.17, 15) is 0 Å². The number of nitriles is 1. The molecule has 2 aromatic rings. The maximum Gasteiger partial charge on any atom is 0.122 e. The van der Waals surface area contributed by atoms with Gasteiger partial charge in [-0.25, -0.2) is 0 Å². The SMILES string of the molecule is CC(C#N)c1ccc(-c2ccc(C#CC#CC#CC#CO)cc2)cc1. The summed E-state index contributed by atoms with van der Waals surface area (Å²) in [6.45, 7) is 1.89. The van der Waals surface area contributed by atoms with Gasteiger partial charge in [-0.3, -0.25) is 0 Å². The van der Waals surface area contributed by atoms with Crippen LogP contribution < -0.4 is 0 Å². The van der Waals surface area contributed by atoms with Crippen molar-refractivity contribution in [1.29, 1.82) is 5.26 Å². The number of aliphatic hydroxyl groups excluding tert-OH is 1. The van der Waals surface area contributed by atoms with Crippen LogP contribution in [0.15, 0.2) is 48.5 Å². The number of nitrogens with zero attached hydrogens (tertiary/aromatic N) is 1. The maximum absolute atomic E-state index is 8.95. The largest absolute Gasteiger partial charge is 0.461 e. The van der Waals surface area contributed by atoms with Crippen LogP contribution in [-0.4, -0.2) is 5.11 Å². The molecule has 0 saturated heterocycles. The first-order valence-corrected chi connectivity index (χ1v) is 7.49. The van der Waals surface area contributed by atoms with Crippen molar-refractivity contribution in [2.75, 3.05) is 0 Å². The molecule has 0 amide bonds. The molecule has 0 aromatic heterocycles. The van der Waals surface area contributed by atoms with Gasteiger partial charge < -0.3 is 5.11 Å². The minimum absolute atomic E-state index is 0.104. The van der Waals surface area contributed by atoms with Gasteiger partial charge in [-0.15, -0.1) is 0 Å². The van der Waals surface area contributed by atoms with E-state index in [1.165, 1.54) is 0 Å². The van der Waals surface area contributed by atoms with Crippen molar-refractivity contribution in [3.05, 3.63) is 59.7 Å². The van der Waals surface area contributed by atoms with E-state index in [0.29, 0.717) is 0 Å². The molecule has 0 spiro atoms. The molecule has 116 valence electrons. The van der Waals surface area contributed by atoms with Crippen LogP contribution in [0.4, 0.5) is 0 Å². The molecule has 0 aliphatic rings. The smallest absolute Gasteiger partial charge is 0.122 e. The molecule has 2 rings (SSSR count). The van der Waals surface area contributed by atoms with Crippen molar-refractivity contribution in [2.24, 2.45) is 0 Å². The zero-order chi connectivity index (χ0) is 17.9. The molecule has 2 aromatic carbocycles. The van der Waals surface area contributed by atoms with Crippen molar-refractivity contribution in [2.45, 2.75) is 12.8 Å². The van der Waals surface area contributed by atoms with E-state index in [0.717, 1.165) is 22.3 Å². The lowest BCUT2D eigenvalue weighted by Gasteiger charge is -2.05. The molecule has 2 heteroatoms. The Balaban J connectivity index is 2.09. The van der Waals surface area contributed by atoms with Gasteiger partial charge in [-0.1, -0.05) is 42.3 Å². The van der Waals surface area contributed by atoms with E-state index in [1.54, 1.807) is 6.11 Å². The van der Waals surface area contributed by atoms with Crippen molar-refractivity contribution in [3.63, 3.8) is 0 Å². The van der Waals surface area contributed by atoms with Crippen LogP contribution in [-0.2, 0) is 0 Å². The van der Waals surface area contributed by atoms with E-state index in [4.69, 9.17) is 10.4 Å². The molecule has 0 saturated carbocycles. The summed E-state index contributed by atoms with van der Waals surface area (Å²) in [7, 11) is 0. The van der Waals surface area contributed by atoms with Gasteiger partial charge >= 0.3 is 0 Å². The highest BCUT2D eigenvalue weighted by molar-refractivity contribution is 5.65. The summed E-state index contributed by atoms with van der Waals surface area (Å²) < 4.78 is 0.